The van der Waals surface area contributed by atoms with Gasteiger partial charge in [0.25, 0.3) is 5.91 Å². The molecular weight excluding hydrogens is 277 g/mol. The Morgan fingerprint density at radius 2 is 2.11 bits per heavy atom. The highest BCUT2D eigenvalue weighted by Gasteiger charge is 2.25. The third-order valence-electron chi connectivity index (χ3n) is 2.33. The summed E-state index contributed by atoms with van der Waals surface area (Å²) >= 11 is 5.65. The van der Waals surface area contributed by atoms with Gasteiger partial charge in [0.1, 0.15) is 5.82 Å². The molecule has 19 heavy (non-hydrogen) atoms. The first-order valence-corrected chi connectivity index (χ1v) is 5.76. The van der Waals surface area contributed by atoms with Crippen molar-refractivity contribution in [3.63, 3.8) is 0 Å². The second-order valence-corrected chi connectivity index (χ2v) is 4.81. The van der Waals surface area contributed by atoms with Crippen molar-refractivity contribution in [1.29, 1.82) is 0 Å². The summed E-state index contributed by atoms with van der Waals surface area (Å²) in [5.74, 6) is -2.72. The number of benzene rings is 1. The summed E-state index contributed by atoms with van der Waals surface area (Å²) < 4.78 is 13.4. The number of halogens is 2. The molecular formula is C12H13ClFNO4. The van der Waals surface area contributed by atoms with Crippen molar-refractivity contribution < 1.29 is 24.2 Å². The zero-order chi connectivity index (χ0) is 14.6. The van der Waals surface area contributed by atoms with E-state index in [0.29, 0.717) is 0 Å². The maximum absolute atomic E-state index is 13.4. The number of carbonyl (C=O) groups is 2. The van der Waals surface area contributed by atoms with E-state index in [4.69, 9.17) is 16.7 Å². The Hall–Kier alpha value is -1.66. The molecule has 0 aliphatic rings. The Bertz CT molecular complexity index is 505. The Kier molecular flexibility index (Phi) is 4.85. The summed E-state index contributed by atoms with van der Waals surface area (Å²) in [5.41, 5.74) is -1.88. The Morgan fingerprint density at radius 3 is 2.68 bits per heavy atom. The molecule has 104 valence electrons. The minimum atomic E-state index is -1.61. The van der Waals surface area contributed by atoms with Gasteiger partial charge in [-0.05, 0) is 25.1 Å². The molecule has 1 aromatic rings. The second kappa shape index (κ2) is 5.99. The minimum Gasteiger partial charge on any atom is -0.481 e. The van der Waals surface area contributed by atoms with Crippen LogP contribution in [0.25, 0.3) is 0 Å². The molecule has 0 bridgehead atoms. The lowest BCUT2D eigenvalue weighted by Gasteiger charge is -2.21. The molecule has 7 heteroatoms. The highest BCUT2D eigenvalue weighted by atomic mass is 35.5. The van der Waals surface area contributed by atoms with Crippen molar-refractivity contribution in [2.75, 3.05) is 6.54 Å². The summed E-state index contributed by atoms with van der Waals surface area (Å²) in [7, 11) is 0. The normalized spacial score (nSPS) is 13.7. The zero-order valence-corrected chi connectivity index (χ0v) is 10.9. The van der Waals surface area contributed by atoms with Crippen LogP contribution < -0.4 is 5.32 Å². The van der Waals surface area contributed by atoms with E-state index in [1.807, 2.05) is 0 Å². The third-order valence-corrected chi connectivity index (χ3v) is 2.57. The van der Waals surface area contributed by atoms with Crippen LogP contribution in [0.15, 0.2) is 18.2 Å². The van der Waals surface area contributed by atoms with Crippen molar-refractivity contribution >= 4 is 23.5 Å². The number of carbonyl (C=O) groups excluding carboxylic acids is 1. The topological polar surface area (TPSA) is 86.6 Å². The highest BCUT2D eigenvalue weighted by Crippen LogP contribution is 2.15. The predicted octanol–water partition coefficient (Wildman–Crippen LogP) is 1.43. The van der Waals surface area contributed by atoms with Crippen molar-refractivity contribution in [2.45, 2.75) is 18.9 Å². The molecule has 0 radical (unpaired) electrons. The lowest BCUT2D eigenvalue weighted by atomic mass is 10.0. The van der Waals surface area contributed by atoms with E-state index in [-0.39, 0.29) is 17.1 Å². The molecule has 1 amide bonds. The van der Waals surface area contributed by atoms with Crippen LogP contribution in [0.5, 0.6) is 0 Å². The third kappa shape index (κ3) is 4.84. The van der Waals surface area contributed by atoms with Crippen LogP contribution in [-0.2, 0) is 4.79 Å². The fourth-order valence-corrected chi connectivity index (χ4v) is 1.60. The largest absolute Gasteiger partial charge is 0.481 e. The standard InChI is InChI=1S/C12H13ClFNO4/c1-12(19,5-10(16)17)6-15-11(18)8-4-7(13)2-3-9(8)14/h2-4,19H,5-6H2,1H3,(H,15,18)(H,16,17). The first kappa shape index (κ1) is 15.4. The van der Waals surface area contributed by atoms with Crippen molar-refractivity contribution in [1.82, 2.24) is 5.32 Å². The maximum atomic E-state index is 13.4. The zero-order valence-electron chi connectivity index (χ0n) is 10.1. The van der Waals surface area contributed by atoms with Crippen LogP contribution in [0.4, 0.5) is 4.39 Å². The van der Waals surface area contributed by atoms with E-state index in [0.717, 1.165) is 12.1 Å². The number of rotatable bonds is 5. The lowest BCUT2D eigenvalue weighted by molar-refractivity contribution is -0.141. The van der Waals surface area contributed by atoms with Crippen molar-refractivity contribution in [2.24, 2.45) is 0 Å². The van der Waals surface area contributed by atoms with E-state index in [1.54, 1.807) is 0 Å². The van der Waals surface area contributed by atoms with Gasteiger partial charge in [-0.1, -0.05) is 11.6 Å². The Balaban J connectivity index is 2.70. The summed E-state index contributed by atoms with van der Waals surface area (Å²) in [6, 6.07) is 3.50. The smallest absolute Gasteiger partial charge is 0.306 e. The van der Waals surface area contributed by atoms with Gasteiger partial charge in [0.15, 0.2) is 0 Å². The molecule has 0 spiro atoms. The van der Waals surface area contributed by atoms with Gasteiger partial charge >= 0.3 is 5.97 Å². The molecule has 0 aliphatic heterocycles. The van der Waals surface area contributed by atoms with Gasteiger partial charge in [0.2, 0.25) is 0 Å². The van der Waals surface area contributed by atoms with Crippen molar-refractivity contribution in [3.8, 4) is 0 Å². The maximum Gasteiger partial charge on any atom is 0.306 e. The van der Waals surface area contributed by atoms with Gasteiger partial charge in [-0.25, -0.2) is 4.39 Å². The quantitative estimate of drug-likeness (QED) is 0.765. The number of aliphatic hydroxyl groups is 1. The molecule has 0 saturated heterocycles. The minimum absolute atomic E-state index is 0.198. The Morgan fingerprint density at radius 1 is 1.47 bits per heavy atom. The van der Waals surface area contributed by atoms with Gasteiger partial charge < -0.3 is 15.5 Å². The molecule has 1 aromatic carbocycles. The van der Waals surface area contributed by atoms with Crippen LogP contribution in [0, 0.1) is 5.82 Å². The monoisotopic (exact) mass is 289 g/mol. The number of hydrogen-bond acceptors (Lipinski definition) is 3. The molecule has 1 atom stereocenters. The molecule has 1 rings (SSSR count). The molecule has 0 aromatic heterocycles. The first-order chi connectivity index (χ1) is 8.71. The van der Waals surface area contributed by atoms with Gasteiger partial charge in [0.05, 0.1) is 17.6 Å². The number of hydrogen-bond donors (Lipinski definition) is 3. The van der Waals surface area contributed by atoms with Gasteiger partial charge in [-0.15, -0.1) is 0 Å². The number of carboxylic acids is 1. The number of aliphatic carboxylic acids is 1. The van der Waals surface area contributed by atoms with Crippen LogP contribution in [0.2, 0.25) is 5.02 Å². The van der Waals surface area contributed by atoms with E-state index < -0.39 is 29.7 Å². The number of carboxylic acid groups (broad SMARTS) is 1. The molecule has 0 aliphatic carbocycles. The van der Waals surface area contributed by atoms with Crippen LogP contribution in [-0.4, -0.2) is 34.2 Å². The molecule has 0 saturated carbocycles. The average molecular weight is 290 g/mol. The fourth-order valence-electron chi connectivity index (χ4n) is 1.43. The number of nitrogens with one attached hydrogen (secondary N) is 1. The molecule has 0 heterocycles. The Labute approximate surface area is 114 Å². The summed E-state index contributed by atoms with van der Waals surface area (Å²) in [6.07, 6.45) is -0.536. The molecule has 0 fully saturated rings. The first-order valence-electron chi connectivity index (χ1n) is 5.39. The molecule has 1 unspecified atom stereocenters. The van der Waals surface area contributed by atoms with Crippen molar-refractivity contribution in [3.05, 3.63) is 34.6 Å². The second-order valence-electron chi connectivity index (χ2n) is 4.37. The fraction of sp³-hybridized carbons (Fsp3) is 0.333. The average Bonchev–Trinajstić information content (AvgIpc) is 2.27. The molecule has 5 nitrogen and oxygen atoms in total. The summed E-state index contributed by atoms with van der Waals surface area (Å²) in [4.78, 5) is 22.2. The van der Waals surface area contributed by atoms with Gasteiger partial charge in [-0.2, -0.15) is 0 Å². The molecule has 3 N–H and O–H groups in total. The highest BCUT2D eigenvalue weighted by molar-refractivity contribution is 6.31. The van der Waals surface area contributed by atoms with Crippen LogP contribution >= 0.6 is 11.6 Å². The lowest BCUT2D eigenvalue weighted by Crippen LogP contribution is -2.42. The van der Waals surface area contributed by atoms with Crippen LogP contribution in [0.3, 0.4) is 0 Å². The van der Waals surface area contributed by atoms with Crippen LogP contribution in [0.1, 0.15) is 23.7 Å². The van der Waals surface area contributed by atoms with E-state index in [2.05, 4.69) is 5.32 Å². The summed E-state index contributed by atoms with van der Waals surface area (Å²) in [6.45, 7) is 0.944. The SMILES string of the molecule is CC(O)(CNC(=O)c1cc(Cl)ccc1F)CC(=O)O. The van der Waals surface area contributed by atoms with E-state index in [9.17, 15) is 19.1 Å². The van der Waals surface area contributed by atoms with E-state index in [1.165, 1.54) is 13.0 Å². The predicted molar refractivity (Wildman–Crippen MR) is 66.6 cm³/mol. The number of amides is 1. The van der Waals surface area contributed by atoms with Gasteiger partial charge in [-0.3, -0.25) is 9.59 Å². The van der Waals surface area contributed by atoms with Gasteiger partial charge in [0, 0.05) is 11.6 Å². The summed E-state index contributed by atoms with van der Waals surface area (Å²) in [5, 5.41) is 20.7. The van der Waals surface area contributed by atoms with E-state index >= 15 is 0 Å².